The number of hydrogen-bond acceptors (Lipinski definition) is 3. The molecule has 0 saturated heterocycles. The molecule has 3 rings (SSSR count). The highest BCUT2D eigenvalue weighted by molar-refractivity contribution is 5.92. The van der Waals surface area contributed by atoms with Crippen LogP contribution in [0.25, 0.3) is 16.9 Å². The molecular weight excluding hydrogens is 271 g/mol. The van der Waals surface area contributed by atoms with Gasteiger partial charge < -0.3 is 15.5 Å². The van der Waals surface area contributed by atoms with Crippen molar-refractivity contribution < 1.29 is 9.18 Å². The number of nitrogens with zero attached hydrogens (tertiary/aromatic N) is 2. The molecule has 0 fully saturated rings. The Morgan fingerprint density at radius 3 is 2.67 bits per heavy atom. The smallest absolute Gasteiger partial charge is 0.238 e. The second-order valence-corrected chi connectivity index (χ2v) is 4.57. The van der Waals surface area contributed by atoms with Gasteiger partial charge in [-0.3, -0.25) is 4.79 Å². The lowest BCUT2D eigenvalue weighted by molar-refractivity contribution is -0.114. The average molecular weight is 284 g/mol. The van der Waals surface area contributed by atoms with Crippen LogP contribution in [-0.2, 0) is 4.79 Å². The summed E-state index contributed by atoms with van der Waals surface area (Å²) in [5.41, 5.74) is 8.20. The van der Waals surface area contributed by atoms with E-state index in [0.717, 1.165) is 16.9 Å². The number of anilines is 1. The van der Waals surface area contributed by atoms with E-state index in [-0.39, 0.29) is 18.3 Å². The third-order valence-corrected chi connectivity index (χ3v) is 3.06. The van der Waals surface area contributed by atoms with Gasteiger partial charge in [-0.05, 0) is 36.4 Å². The first kappa shape index (κ1) is 13.3. The third kappa shape index (κ3) is 2.75. The van der Waals surface area contributed by atoms with E-state index in [0.29, 0.717) is 5.69 Å². The summed E-state index contributed by atoms with van der Waals surface area (Å²) in [6.07, 6.45) is 3.57. The molecule has 3 N–H and O–H groups in total. The number of aromatic nitrogens is 2. The highest BCUT2D eigenvalue weighted by atomic mass is 19.1. The number of amides is 1. The maximum absolute atomic E-state index is 12.9. The first-order valence-electron chi connectivity index (χ1n) is 6.40. The molecular formula is C15H13FN4O. The summed E-state index contributed by atoms with van der Waals surface area (Å²) < 4.78 is 14.7. The third-order valence-electron chi connectivity index (χ3n) is 3.06. The Labute approximate surface area is 120 Å². The SMILES string of the molecule is NCC(=O)Nc1ccc2nc(-c3ccc(F)cc3)cn2c1. The molecule has 21 heavy (non-hydrogen) atoms. The second kappa shape index (κ2) is 5.34. The summed E-state index contributed by atoms with van der Waals surface area (Å²) in [6.45, 7) is -0.0667. The zero-order valence-electron chi connectivity index (χ0n) is 11.1. The number of imidazole rings is 1. The average Bonchev–Trinajstić information content (AvgIpc) is 2.91. The fraction of sp³-hybridized carbons (Fsp3) is 0.0667. The van der Waals surface area contributed by atoms with Crippen molar-refractivity contribution in [2.24, 2.45) is 5.73 Å². The maximum atomic E-state index is 12.9. The Morgan fingerprint density at radius 2 is 1.95 bits per heavy atom. The van der Waals surface area contributed by atoms with E-state index >= 15 is 0 Å². The number of nitrogens with one attached hydrogen (secondary N) is 1. The number of rotatable bonds is 3. The van der Waals surface area contributed by atoms with Crippen LogP contribution in [0, 0.1) is 5.82 Å². The molecule has 3 aromatic rings. The van der Waals surface area contributed by atoms with Crippen molar-refractivity contribution in [3.05, 3.63) is 54.6 Å². The molecule has 2 aromatic heterocycles. The van der Waals surface area contributed by atoms with Gasteiger partial charge in [-0.2, -0.15) is 0 Å². The van der Waals surface area contributed by atoms with E-state index in [2.05, 4.69) is 10.3 Å². The Hall–Kier alpha value is -2.73. The monoisotopic (exact) mass is 284 g/mol. The van der Waals surface area contributed by atoms with E-state index in [1.165, 1.54) is 12.1 Å². The lowest BCUT2D eigenvalue weighted by atomic mass is 10.2. The number of carbonyl (C=O) groups excluding carboxylic acids is 1. The molecule has 0 bridgehead atoms. The first-order chi connectivity index (χ1) is 10.2. The molecule has 0 aliphatic carbocycles. The molecule has 0 unspecified atom stereocenters. The number of benzene rings is 1. The van der Waals surface area contributed by atoms with E-state index < -0.39 is 0 Å². The number of hydrogen-bond donors (Lipinski definition) is 2. The molecule has 1 aromatic carbocycles. The van der Waals surface area contributed by atoms with Gasteiger partial charge in [-0.1, -0.05) is 0 Å². The highest BCUT2D eigenvalue weighted by Gasteiger charge is 2.06. The summed E-state index contributed by atoms with van der Waals surface area (Å²) in [5.74, 6) is -0.539. The molecule has 0 aliphatic rings. The van der Waals surface area contributed by atoms with Crippen LogP contribution < -0.4 is 11.1 Å². The largest absolute Gasteiger partial charge is 0.324 e. The molecule has 0 saturated carbocycles. The van der Waals surface area contributed by atoms with Gasteiger partial charge in [0.15, 0.2) is 0 Å². The summed E-state index contributed by atoms with van der Waals surface area (Å²) in [4.78, 5) is 15.7. The number of carbonyl (C=O) groups is 1. The molecule has 6 heteroatoms. The van der Waals surface area contributed by atoms with Crippen LogP contribution in [-0.4, -0.2) is 21.8 Å². The predicted octanol–water partition coefficient (Wildman–Crippen LogP) is 2.04. The van der Waals surface area contributed by atoms with Gasteiger partial charge in [0.25, 0.3) is 0 Å². The number of nitrogens with two attached hydrogens (primary N) is 1. The summed E-state index contributed by atoms with van der Waals surface area (Å²) >= 11 is 0. The van der Waals surface area contributed by atoms with Crippen molar-refractivity contribution in [1.29, 1.82) is 0 Å². The lowest BCUT2D eigenvalue weighted by Gasteiger charge is -2.03. The molecule has 0 spiro atoms. The number of pyridine rings is 1. The summed E-state index contributed by atoms with van der Waals surface area (Å²) in [7, 11) is 0. The molecule has 0 aliphatic heterocycles. The summed E-state index contributed by atoms with van der Waals surface area (Å²) in [6, 6.07) is 9.68. The van der Waals surface area contributed by atoms with Crippen LogP contribution in [0.1, 0.15) is 0 Å². The highest BCUT2D eigenvalue weighted by Crippen LogP contribution is 2.20. The van der Waals surface area contributed by atoms with Crippen molar-refractivity contribution in [2.45, 2.75) is 0 Å². The van der Waals surface area contributed by atoms with Gasteiger partial charge in [-0.15, -0.1) is 0 Å². The molecule has 2 heterocycles. The van der Waals surface area contributed by atoms with Gasteiger partial charge in [-0.25, -0.2) is 9.37 Å². The predicted molar refractivity (Wildman–Crippen MR) is 78.3 cm³/mol. The fourth-order valence-corrected chi connectivity index (χ4v) is 2.04. The second-order valence-electron chi connectivity index (χ2n) is 4.57. The molecule has 106 valence electrons. The minimum absolute atomic E-state index is 0.0667. The van der Waals surface area contributed by atoms with Crippen LogP contribution >= 0.6 is 0 Å². The van der Waals surface area contributed by atoms with Crippen molar-refractivity contribution in [3.63, 3.8) is 0 Å². The fourth-order valence-electron chi connectivity index (χ4n) is 2.04. The molecule has 1 amide bonds. The number of halogens is 1. The Kier molecular flexibility index (Phi) is 3.37. The van der Waals surface area contributed by atoms with Crippen molar-refractivity contribution >= 4 is 17.2 Å². The van der Waals surface area contributed by atoms with Gasteiger partial charge in [0, 0.05) is 18.0 Å². The van der Waals surface area contributed by atoms with Crippen molar-refractivity contribution in [1.82, 2.24) is 9.38 Å². The summed E-state index contributed by atoms with van der Waals surface area (Å²) in [5, 5.41) is 2.68. The quantitative estimate of drug-likeness (QED) is 0.773. The Morgan fingerprint density at radius 1 is 1.19 bits per heavy atom. The Bertz CT molecular complexity index is 795. The Balaban J connectivity index is 1.96. The standard InChI is InChI=1S/C15H13FN4O/c16-11-3-1-10(2-4-11)13-9-20-8-12(18-15(21)7-17)5-6-14(20)19-13/h1-6,8-9H,7,17H2,(H,18,21). The van der Waals surface area contributed by atoms with Crippen LogP contribution in [0.2, 0.25) is 0 Å². The lowest BCUT2D eigenvalue weighted by Crippen LogP contribution is -2.21. The first-order valence-corrected chi connectivity index (χ1v) is 6.40. The normalized spacial score (nSPS) is 10.8. The van der Waals surface area contributed by atoms with E-state index in [9.17, 15) is 9.18 Å². The van der Waals surface area contributed by atoms with Crippen LogP contribution in [0.15, 0.2) is 48.8 Å². The zero-order chi connectivity index (χ0) is 14.8. The minimum Gasteiger partial charge on any atom is -0.324 e. The number of fused-ring (bicyclic) bond motifs is 1. The maximum Gasteiger partial charge on any atom is 0.238 e. The van der Waals surface area contributed by atoms with Crippen LogP contribution in [0.3, 0.4) is 0 Å². The van der Waals surface area contributed by atoms with Crippen LogP contribution in [0.4, 0.5) is 10.1 Å². The van der Waals surface area contributed by atoms with E-state index in [1.807, 2.05) is 6.20 Å². The minimum atomic E-state index is -0.283. The van der Waals surface area contributed by atoms with Gasteiger partial charge >= 0.3 is 0 Å². The van der Waals surface area contributed by atoms with Gasteiger partial charge in [0.1, 0.15) is 11.5 Å². The van der Waals surface area contributed by atoms with Crippen molar-refractivity contribution in [2.75, 3.05) is 11.9 Å². The zero-order valence-corrected chi connectivity index (χ0v) is 11.1. The topological polar surface area (TPSA) is 72.4 Å². The molecule has 0 radical (unpaired) electrons. The van der Waals surface area contributed by atoms with Crippen LogP contribution in [0.5, 0.6) is 0 Å². The van der Waals surface area contributed by atoms with Gasteiger partial charge in [0.2, 0.25) is 5.91 Å². The van der Waals surface area contributed by atoms with E-state index in [4.69, 9.17) is 5.73 Å². The molecule has 0 atom stereocenters. The van der Waals surface area contributed by atoms with E-state index in [1.54, 1.807) is 34.9 Å². The van der Waals surface area contributed by atoms with Crippen molar-refractivity contribution in [3.8, 4) is 11.3 Å². The van der Waals surface area contributed by atoms with Gasteiger partial charge in [0.05, 0.1) is 17.9 Å². The molecule has 5 nitrogen and oxygen atoms in total.